The molecule has 2 rings (SSSR count). The molecule has 2 aromatic carbocycles. The van der Waals surface area contributed by atoms with Crippen molar-refractivity contribution in [2.24, 2.45) is 0 Å². The minimum absolute atomic E-state index is 0.247. The van der Waals surface area contributed by atoms with Gasteiger partial charge in [0.05, 0.1) is 21.3 Å². The quantitative estimate of drug-likeness (QED) is 0.770. The van der Waals surface area contributed by atoms with Crippen molar-refractivity contribution in [2.45, 2.75) is 13.5 Å². The second-order valence-corrected chi connectivity index (χ2v) is 5.31. The molecule has 0 aliphatic heterocycles. The third-order valence-electron chi connectivity index (χ3n) is 3.76. The molecule has 0 fully saturated rings. The molecule has 0 radical (unpaired) electrons. The first-order valence-electron chi connectivity index (χ1n) is 8.04. The van der Waals surface area contributed by atoms with Gasteiger partial charge in [0.25, 0.3) is 5.91 Å². The van der Waals surface area contributed by atoms with Crippen molar-refractivity contribution in [1.82, 2.24) is 5.32 Å². The predicted octanol–water partition coefficient (Wildman–Crippen LogP) is 3.07. The van der Waals surface area contributed by atoms with Crippen LogP contribution < -0.4 is 24.8 Å². The van der Waals surface area contributed by atoms with Crippen LogP contribution in [0.15, 0.2) is 36.4 Å². The number of hydrogen-bond acceptors (Lipinski definition) is 5. The fourth-order valence-corrected chi connectivity index (χ4v) is 2.46. The van der Waals surface area contributed by atoms with E-state index < -0.39 is 0 Å². The molecule has 6 heteroatoms. The largest absolute Gasteiger partial charge is 0.493 e. The van der Waals surface area contributed by atoms with Gasteiger partial charge in [0.2, 0.25) is 5.75 Å². The lowest BCUT2D eigenvalue weighted by Crippen LogP contribution is -2.17. The van der Waals surface area contributed by atoms with Gasteiger partial charge < -0.3 is 24.8 Å². The molecule has 0 aromatic heterocycles. The molecular weight excluding hydrogens is 320 g/mol. The Hall–Kier alpha value is -2.73. The number of para-hydroxylation sites is 1. The van der Waals surface area contributed by atoms with Crippen LogP contribution >= 0.6 is 0 Å². The van der Waals surface area contributed by atoms with Crippen LogP contribution in [0.4, 0.5) is 5.69 Å². The highest BCUT2D eigenvalue weighted by Gasteiger charge is 2.17. The normalized spacial score (nSPS) is 10.2. The number of nitrogens with one attached hydrogen (secondary N) is 2. The van der Waals surface area contributed by atoms with Crippen LogP contribution in [0.3, 0.4) is 0 Å². The smallest absolute Gasteiger partial charge is 0.255 e. The number of hydrogen-bond donors (Lipinski definition) is 2. The second-order valence-electron chi connectivity index (χ2n) is 5.31. The Bertz CT molecular complexity index is 706. The van der Waals surface area contributed by atoms with Crippen molar-refractivity contribution >= 4 is 11.6 Å². The van der Waals surface area contributed by atoms with Crippen molar-refractivity contribution in [2.75, 3.05) is 33.2 Å². The summed E-state index contributed by atoms with van der Waals surface area (Å²) in [6.45, 7) is 3.58. The third kappa shape index (κ3) is 4.42. The van der Waals surface area contributed by atoms with E-state index in [1.54, 1.807) is 12.1 Å². The maximum absolute atomic E-state index is 12.7. The molecule has 0 spiro atoms. The van der Waals surface area contributed by atoms with Crippen molar-refractivity contribution in [3.63, 3.8) is 0 Å². The summed E-state index contributed by atoms with van der Waals surface area (Å²) < 4.78 is 15.9. The molecule has 1 amide bonds. The van der Waals surface area contributed by atoms with E-state index in [4.69, 9.17) is 14.2 Å². The van der Waals surface area contributed by atoms with Gasteiger partial charge in [-0.05, 0) is 30.3 Å². The lowest BCUT2D eigenvalue weighted by Gasteiger charge is -2.15. The van der Waals surface area contributed by atoms with Gasteiger partial charge in [0.1, 0.15) is 0 Å². The number of amides is 1. The number of rotatable bonds is 8. The van der Waals surface area contributed by atoms with Crippen LogP contribution in [0.25, 0.3) is 0 Å². The van der Waals surface area contributed by atoms with Crippen molar-refractivity contribution < 1.29 is 19.0 Å². The average Bonchev–Trinajstić information content (AvgIpc) is 2.65. The van der Waals surface area contributed by atoms with E-state index >= 15 is 0 Å². The Morgan fingerprint density at radius 2 is 1.64 bits per heavy atom. The van der Waals surface area contributed by atoms with Gasteiger partial charge in [-0.2, -0.15) is 0 Å². The standard InChI is InChI=1S/C19H24N2O4/c1-5-20-12-13-8-6-7-9-15(13)21-19(22)14-10-16(23-2)18(25-4)17(11-14)24-3/h6-11,20H,5,12H2,1-4H3,(H,21,22). The topological polar surface area (TPSA) is 68.8 Å². The molecule has 0 aliphatic rings. The lowest BCUT2D eigenvalue weighted by molar-refractivity contribution is 0.102. The summed E-state index contributed by atoms with van der Waals surface area (Å²) in [5.74, 6) is 1.08. The summed E-state index contributed by atoms with van der Waals surface area (Å²) >= 11 is 0. The van der Waals surface area contributed by atoms with Gasteiger partial charge in [-0.1, -0.05) is 25.1 Å². The zero-order valence-corrected chi connectivity index (χ0v) is 15.0. The summed E-state index contributed by atoms with van der Waals surface area (Å²) in [6, 6.07) is 10.9. The second kappa shape index (κ2) is 8.94. The summed E-state index contributed by atoms with van der Waals surface area (Å²) in [5, 5.41) is 6.21. The minimum Gasteiger partial charge on any atom is -0.493 e. The molecule has 0 saturated carbocycles. The predicted molar refractivity (Wildman–Crippen MR) is 97.9 cm³/mol. The van der Waals surface area contributed by atoms with Crippen LogP contribution in [-0.2, 0) is 6.54 Å². The van der Waals surface area contributed by atoms with E-state index in [1.807, 2.05) is 31.2 Å². The highest BCUT2D eigenvalue weighted by Crippen LogP contribution is 2.38. The van der Waals surface area contributed by atoms with E-state index in [2.05, 4.69) is 10.6 Å². The zero-order chi connectivity index (χ0) is 18.2. The van der Waals surface area contributed by atoms with E-state index in [9.17, 15) is 4.79 Å². The number of carbonyl (C=O) groups is 1. The van der Waals surface area contributed by atoms with Crippen LogP contribution in [0.1, 0.15) is 22.8 Å². The number of benzene rings is 2. The van der Waals surface area contributed by atoms with Gasteiger partial charge >= 0.3 is 0 Å². The molecule has 25 heavy (non-hydrogen) atoms. The van der Waals surface area contributed by atoms with Crippen LogP contribution in [0.5, 0.6) is 17.2 Å². The van der Waals surface area contributed by atoms with E-state index in [0.717, 1.165) is 17.8 Å². The first kappa shape index (κ1) is 18.6. The fraction of sp³-hybridized carbons (Fsp3) is 0.316. The first-order valence-corrected chi connectivity index (χ1v) is 8.04. The first-order chi connectivity index (χ1) is 12.1. The minimum atomic E-state index is -0.247. The Morgan fingerprint density at radius 3 is 2.20 bits per heavy atom. The maximum atomic E-state index is 12.7. The molecule has 0 heterocycles. The van der Waals surface area contributed by atoms with E-state index in [1.165, 1.54) is 21.3 Å². The zero-order valence-electron chi connectivity index (χ0n) is 15.0. The molecular formula is C19H24N2O4. The van der Waals surface area contributed by atoms with Gasteiger partial charge in [-0.3, -0.25) is 4.79 Å². The van der Waals surface area contributed by atoms with Crippen molar-refractivity contribution in [3.8, 4) is 17.2 Å². The summed E-state index contributed by atoms with van der Waals surface area (Å²) in [4.78, 5) is 12.7. The number of carbonyl (C=O) groups excluding carboxylic acids is 1. The Morgan fingerprint density at radius 1 is 1.00 bits per heavy atom. The van der Waals surface area contributed by atoms with Gasteiger partial charge in [-0.25, -0.2) is 0 Å². The lowest BCUT2D eigenvalue weighted by atomic mass is 10.1. The molecule has 0 bridgehead atoms. The van der Waals surface area contributed by atoms with Crippen molar-refractivity contribution in [3.05, 3.63) is 47.5 Å². The van der Waals surface area contributed by atoms with E-state index in [-0.39, 0.29) is 5.91 Å². The van der Waals surface area contributed by atoms with E-state index in [0.29, 0.717) is 29.4 Å². The molecule has 0 saturated heterocycles. The number of ether oxygens (including phenoxy) is 3. The average molecular weight is 344 g/mol. The summed E-state index contributed by atoms with van der Waals surface area (Å²) in [5.41, 5.74) is 2.21. The van der Waals surface area contributed by atoms with Gasteiger partial charge in [-0.15, -0.1) is 0 Å². The third-order valence-corrected chi connectivity index (χ3v) is 3.76. The molecule has 6 nitrogen and oxygen atoms in total. The Balaban J connectivity index is 2.30. The molecule has 0 unspecified atom stereocenters. The summed E-state index contributed by atoms with van der Waals surface area (Å²) in [7, 11) is 4.56. The molecule has 2 N–H and O–H groups in total. The summed E-state index contributed by atoms with van der Waals surface area (Å²) in [6.07, 6.45) is 0. The Kier molecular flexibility index (Phi) is 6.65. The van der Waals surface area contributed by atoms with Gasteiger partial charge in [0.15, 0.2) is 11.5 Å². The highest BCUT2D eigenvalue weighted by atomic mass is 16.5. The van der Waals surface area contributed by atoms with Crippen LogP contribution in [-0.4, -0.2) is 33.8 Å². The number of methoxy groups -OCH3 is 3. The molecule has 2 aromatic rings. The van der Waals surface area contributed by atoms with Crippen LogP contribution in [0, 0.1) is 0 Å². The fourth-order valence-electron chi connectivity index (χ4n) is 2.46. The Labute approximate surface area is 148 Å². The molecule has 0 aliphatic carbocycles. The SMILES string of the molecule is CCNCc1ccccc1NC(=O)c1cc(OC)c(OC)c(OC)c1. The number of anilines is 1. The highest BCUT2D eigenvalue weighted by molar-refractivity contribution is 6.05. The van der Waals surface area contributed by atoms with Gasteiger partial charge in [0, 0.05) is 17.8 Å². The monoisotopic (exact) mass is 344 g/mol. The van der Waals surface area contributed by atoms with Crippen LogP contribution in [0.2, 0.25) is 0 Å². The van der Waals surface area contributed by atoms with Crippen molar-refractivity contribution in [1.29, 1.82) is 0 Å². The molecule has 0 atom stereocenters. The maximum Gasteiger partial charge on any atom is 0.255 e. The molecule has 134 valence electrons.